The first kappa shape index (κ1) is 10.8. The smallest absolute Gasteiger partial charge is 0.136 e. The lowest BCUT2D eigenvalue weighted by Gasteiger charge is -2.04. The van der Waals surface area contributed by atoms with Gasteiger partial charge in [0.2, 0.25) is 0 Å². The number of hydrogen-bond acceptors (Lipinski definition) is 2. The zero-order valence-corrected chi connectivity index (χ0v) is 11.0. The predicted molar refractivity (Wildman–Crippen MR) is 67.9 cm³/mol. The van der Waals surface area contributed by atoms with Gasteiger partial charge in [-0.1, -0.05) is 22.0 Å². The van der Waals surface area contributed by atoms with Crippen molar-refractivity contribution in [2.24, 2.45) is 0 Å². The lowest BCUT2D eigenvalue weighted by Crippen LogP contribution is -1.98. The second-order valence-electron chi connectivity index (χ2n) is 3.06. The van der Waals surface area contributed by atoms with Gasteiger partial charge in [0.25, 0.3) is 0 Å². The van der Waals surface area contributed by atoms with Crippen LogP contribution in [0.4, 0.5) is 5.69 Å². The van der Waals surface area contributed by atoms with Crippen molar-refractivity contribution >= 4 is 37.5 Å². The maximum absolute atomic E-state index is 5.30. The van der Waals surface area contributed by atoms with Crippen LogP contribution in [0.1, 0.15) is 5.76 Å². The highest BCUT2D eigenvalue weighted by atomic mass is 79.9. The second-order valence-corrected chi connectivity index (χ2v) is 4.83. The van der Waals surface area contributed by atoms with E-state index in [1.807, 2.05) is 30.3 Å². The molecule has 0 saturated carbocycles. The van der Waals surface area contributed by atoms with Gasteiger partial charge in [0, 0.05) is 10.2 Å². The lowest BCUT2D eigenvalue weighted by atomic mass is 10.3. The number of benzene rings is 1. The highest BCUT2D eigenvalue weighted by molar-refractivity contribution is 9.10. The van der Waals surface area contributed by atoms with E-state index in [0.29, 0.717) is 6.54 Å². The molecule has 0 spiro atoms. The van der Waals surface area contributed by atoms with Crippen LogP contribution in [-0.4, -0.2) is 0 Å². The molecule has 0 aliphatic carbocycles. The van der Waals surface area contributed by atoms with E-state index in [1.54, 1.807) is 6.26 Å². The van der Waals surface area contributed by atoms with Crippen LogP contribution in [0, 0.1) is 0 Å². The van der Waals surface area contributed by atoms with Gasteiger partial charge >= 0.3 is 0 Å². The number of furan rings is 1. The van der Waals surface area contributed by atoms with Crippen LogP contribution in [0.5, 0.6) is 0 Å². The normalized spacial score (nSPS) is 10.3. The summed E-state index contributed by atoms with van der Waals surface area (Å²) in [6.07, 6.45) is 1.67. The van der Waals surface area contributed by atoms with Crippen LogP contribution in [0.2, 0.25) is 0 Å². The Kier molecular flexibility index (Phi) is 3.49. The Labute approximate surface area is 105 Å². The molecule has 1 N–H and O–H groups in total. The molecule has 78 valence electrons. The van der Waals surface area contributed by atoms with Crippen molar-refractivity contribution < 1.29 is 4.42 Å². The molecule has 1 heterocycles. The van der Waals surface area contributed by atoms with Gasteiger partial charge in [-0.15, -0.1) is 0 Å². The van der Waals surface area contributed by atoms with Crippen molar-refractivity contribution in [1.29, 1.82) is 0 Å². The minimum Gasteiger partial charge on any atom is -0.466 e. The van der Waals surface area contributed by atoms with Crippen molar-refractivity contribution in [2.75, 3.05) is 5.32 Å². The number of hydrogen-bond donors (Lipinski definition) is 1. The third-order valence-electron chi connectivity index (χ3n) is 1.97. The number of rotatable bonds is 3. The summed E-state index contributed by atoms with van der Waals surface area (Å²) >= 11 is 6.83. The highest BCUT2D eigenvalue weighted by Crippen LogP contribution is 2.20. The van der Waals surface area contributed by atoms with Crippen molar-refractivity contribution in [3.63, 3.8) is 0 Å². The minimum atomic E-state index is 0.671. The van der Waals surface area contributed by atoms with Gasteiger partial charge in [-0.3, -0.25) is 0 Å². The number of nitrogens with one attached hydrogen (secondary N) is 1. The van der Waals surface area contributed by atoms with Gasteiger partial charge < -0.3 is 9.73 Å². The first-order valence-corrected chi connectivity index (χ1v) is 6.05. The Balaban J connectivity index is 2.02. The fourth-order valence-electron chi connectivity index (χ4n) is 1.23. The van der Waals surface area contributed by atoms with E-state index >= 15 is 0 Å². The Morgan fingerprint density at radius 3 is 2.73 bits per heavy atom. The summed E-state index contributed by atoms with van der Waals surface area (Å²) < 4.78 is 7.35. The minimum absolute atomic E-state index is 0.671. The molecular weight excluding hydrogens is 322 g/mol. The maximum Gasteiger partial charge on any atom is 0.136 e. The molecule has 0 amide bonds. The molecular formula is C11H9Br2NO. The fraction of sp³-hybridized carbons (Fsp3) is 0.0909. The van der Waals surface area contributed by atoms with Crippen molar-refractivity contribution in [3.05, 3.63) is 51.3 Å². The van der Waals surface area contributed by atoms with Gasteiger partial charge in [-0.25, -0.2) is 0 Å². The molecule has 0 unspecified atom stereocenters. The summed E-state index contributed by atoms with van der Waals surface area (Å²) in [6, 6.07) is 9.91. The van der Waals surface area contributed by atoms with Gasteiger partial charge in [-0.05, 0) is 40.2 Å². The molecule has 1 aromatic heterocycles. The monoisotopic (exact) mass is 329 g/mol. The van der Waals surface area contributed by atoms with Gasteiger partial charge in [-0.2, -0.15) is 0 Å². The summed E-state index contributed by atoms with van der Waals surface area (Å²) in [5.41, 5.74) is 1.06. The molecule has 0 saturated heterocycles. The molecule has 2 nitrogen and oxygen atoms in total. The largest absolute Gasteiger partial charge is 0.466 e. The number of anilines is 1. The molecule has 0 radical (unpaired) electrons. The lowest BCUT2D eigenvalue weighted by molar-refractivity contribution is 0.516. The average Bonchev–Trinajstić information content (AvgIpc) is 2.61. The Morgan fingerprint density at radius 1 is 1.20 bits per heavy atom. The van der Waals surface area contributed by atoms with Crippen LogP contribution in [-0.2, 0) is 6.54 Å². The molecule has 0 fully saturated rings. The van der Waals surface area contributed by atoms with Crippen LogP contribution in [0.15, 0.2) is 50.0 Å². The van der Waals surface area contributed by atoms with Gasteiger partial charge in [0.1, 0.15) is 5.76 Å². The Bertz CT molecular complexity index is 453. The molecule has 0 bridgehead atoms. The third kappa shape index (κ3) is 2.86. The van der Waals surface area contributed by atoms with E-state index in [4.69, 9.17) is 4.42 Å². The van der Waals surface area contributed by atoms with E-state index in [-0.39, 0.29) is 0 Å². The van der Waals surface area contributed by atoms with E-state index in [9.17, 15) is 0 Å². The van der Waals surface area contributed by atoms with Crippen LogP contribution in [0.25, 0.3) is 0 Å². The van der Waals surface area contributed by atoms with E-state index < -0.39 is 0 Å². The molecule has 15 heavy (non-hydrogen) atoms. The van der Waals surface area contributed by atoms with Crippen molar-refractivity contribution in [3.8, 4) is 0 Å². The summed E-state index contributed by atoms with van der Waals surface area (Å²) in [5.74, 6) is 0.898. The molecule has 0 aliphatic heterocycles. The maximum atomic E-state index is 5.30. The van der Waals surface area contributed by atoms with Crippen molar-refractivity contribution in [1.82, 2.24) is 0 Å². The topological polar surface area (TPSA) is 25.2 Å². The summed E-state index contributed by atoms with van der Waals surface area (Å²) in [5, 5.41) is 3.27. The van der Waals surface area contributed by atoms with Gasteiger partial charge in [0.15, 0.2) is 0 Å². The van der Waals surface area contributed by atoms with Crippen LogP contribution < -0.4 is 5.32 Å². The van der Waals surface area contributed by atoms with E-state index in [0.717, 1.165) is 20.4 Å². The average molecular weight is 331 g/mol. The van der Waals surface area contributed by atoms with Crippen molar-refractivity contribution in [2.45, 2.75) is 6.54 Å². The highest BCUT2D eigenvalue weighted by Gasteiger charge is 2.02. The zero-order chi connectivity index (χ0) is 10.7. The summed E-state index contributed by atoms with van der Waals surface area (Å²) in [7, 11) is 0. The molecule has 0 atom stereocenters. The Morgan fingerprint density at radius 2 is 2.07 bits per heavy atom. The molecule has 1 aromatic carbocycles. The molecule has 0 aliphatic rings. The van der Waals surface area contributed by atoms with Crippen LogP contribution in [0.3, 0.4) is 0 Å². The van der Waals surface area contributed by atoms with Crippen LogP contribution >= 0.6 is 31.9 Å². The summed E-state index contributed by atoms with van der Waals surface area (Å²) in [6.45, 7) is 0.671. The summed E-state index contributed by atoms with van der Waals surface area (Å²) in [4.78, 5) is 0. The standard InChI is InChI=1S/C11H9Br2NO/c12-8-2-1-3-9(6-8)14-7-11-10(13)4-5-15-11/h1-6,14H,7H2. The first-order chi connectivity index (χ1) is 7.25. The molecule has 2 rings (SSSR count). The quantitative estimate of drug-likeness (QED) is 0.901. The second kappa shape index (κ2) is 4.86. The van der Waals surface area contributed by atoms with E-state index in [1.165, 1.54) is 0 Å². The third-order valence-corrected chi connectivity index (χ3v) is 3.17. The van der Waals surface area contributed by atoms with E-state index in [2.05, 4.69) is 37.2 Å². The fourth-order valence-corrected chi connectivity index (χ4v) is 1.97. The molecule has 4 heteroatoms. The van der Waals surface area contributed by atoms with Gasteiger partial charge in [0.05, 0.1) is 17.3 Å². The Hall–Kier alpha value is -0.740. The zero-order valence-electron chi connectivity index (χ0n) is 7.84. The first-order valence-electron chi connectivity index (χ1n) is 4.47. The predicted octanol–water partition coefficient (Wildman–Crippen LogP) is 4.42. The number of halogens is 2. The molecule has 2 aromatic rings. The SMILES string of the molecule is Brc1cccc(NCc2occc2Br)c1.